The number of primary amides is 1. The molecule has 1 aromatic rings. The van der Waals surface area contributed by atoms with Crippen molar-refractivity contribution < 1.29 is 9.59 Å². The molecule has 2 aliphatic carbocycles. The minimum Gasteiger partial charge on any atom is -0.369 e. The van der Waals surface area contributed by atoms with Gasteiger partial charge in [0.05, 0.1) is 5.54 Å². The lowest BCUT2D eigenvalue weighted by Gasteiger charge is -2.19. The van der Waals surface area contributed by atoms with Gasteiger partial charge in [-0.1, -0.05) is 0 Å². The molecule has 0 unspecified atom stereocenters. The molecule has 2 amide bonds. The number of carbonyl (C=O) groups excluding carboxylic acids is 2. The van der Waals surface area contributed by atoms with Gasteiger partial charge >= 0.3 is 0 Å². The van der Waals surface area contributed by atoms with Gasteiger partial charge in [0, 0.05) is 16.0 Å². The van der Waals surface area contributed by atoms with Gasteiger partial charge in [-0.15, -0.1) is 0 Å². The Hall–Kier alpha value is -1.25. The van der Waals surface area contributed by atoms with Crippen LogP contribution in [0.4, 0.5) is 0 Å². The second-order valence-electron chi connectivity index (χ2n) is 5.21. The molecule has 0 bridgehead atoms. The van der Waals surface area contributed by atoms with Crippen molar-refractivity contribution >= 4 is 34.4 Å². The molecular weight excluding hydrogens is 359 g/mol. The van der Waals surface area contributed by atoms with Crippen molar-refractivity contribution in [2.75, 3.05) is 0 Å². The van der Waals surface area contributed by atoms with Crippen LogP contribution in [0.5, 0.6) is 0 Å². The summed E-state index contributed by atoms with van der Waals surface area (Å²) in [5, 5.41) is 2.92. The van der Waals surface area contributed by atoms with Gasteiger partial charge in [-0.25, -0.2) is 9.97 Å². The van der Waals surface area contributed by atoms with Crippen LogP contribution >= 0.6 is 22.6 Å². The number of rotatable bonds is 4. The molecule has 0 spiro atoms. The molecule has 0 aliphatic heterocycles. The average molecular weight is 372 g/mol. The zero-order valence-electron chi connectivity index (χ0n) is 10.1. The quantitative estimate of drug-likeness (QED) is 0.593. The normalized spacial score (nSPS) is 21.5. The molecule has 2 aliphatic rings. The minimum atomic E-state index is -0.987. The van der Waals surface area contributed by atoms with Gasteiger partial charge in [0.25, 0.3) is 0 Å². The fourth-order valence-electron chi connectivity index (χ4n) is 2.14. The Balaban J connectivity index is 1.78. The van der Waals surface area contributed by atoms with Crippen LogP contribution in [0.2, 0.25) is 0 Å². The first kappa shape index (κ1) is 12.8. The van der Waals surface area contributed by atoms with Gasteiger partial charge < -0.3 is 11.1 Å². The zero-order chi connectivity index (χ0) is 13.7. The van der Waals surface area contributed by atoms with Crippen molar-refractivity contribution in [1.82, 2.24) is 15.3 Å². The number of amides is 2. The molecule has 1 heterocycles. The maximum absolute atomic E-state index is 12.2. The van der Waals surface area contributed by atoms with Crippen molar-refractivity contribution in [3.8, 4) is 0 Å². The van der Waals surface area contributed by atoms with Gasteiger partial charge in [0.15, 0.2) is 5.82 Å². The van der Waals surface area contributed by atoms with Crippen LogP contribution in [0.25, 0.3) is 0 Å². The fourth-order valence-corrected chi connectivity index (χ4v) is 2.41. The highest BCUT2D eigenvalue weighted by Gasteiger charge is 2.59. The largest absolute Gasteiger partial charge is 0.369 e. The predicted octanol–water partition coefficient (Wildman–Crippen LogP) is 0.452. The zero-order valence-corrected chi connectivity index (χ0v) is 12.3. The number of nitrogens with two attached hydrogens (primary N) is 1. The van der Waals surface area contributed by atoms with Gasteiger partial charge in [-0.3, -0.25) is 9.59 Å². The predicted molar refractivity (Wildman–Crippen MR) is 74.7 cm³/mol. The van der Waals surface area contributed by atoms with Crippen molar-refractivity contribution in [1.29, 1.82) is 0 Å². The Morgan fingerprint density at radius 2 is 1.79 bits per heavy atom. The highest BCUT2D eigenvalue weighted by Crippen LogP contribution is 2.49. The topological polar surface area (TPSA) is 98.0 Å². The van der Waals surface area contributed by atoms with Gasteiger partial charge in [-0.2, -0.15) is 0 Å². The summed E-state index contributed by atoms with van der Waals surface area (Å²) in [4.78, 5) is 32.1. The van der Waals surface area contributed by atoms with E-state index in [-0.39, 0.29) is 5.91 Å². The monoisotopic (exact) mass is 372 g/mol. The molecule has 0 aromatic carbocycles. The lowest BCUT2D eigenvalue weighted by molar-refractivity contribution is -0.136. The molecule has 3 rings (SSSR count). The Kier molecular flexibility index (Phi) is 2.77. The minimum absolute atomic E-state index is 0.278. The first-order chi connectivity index (χ1) is 8.98. The number of nitrogens with one attached hydrogen (secondary N) is 1. The standard InChI is InChI=1S/C12H13IN4O2/c13-7-5-15-9(16-6-7)12(3-4-12)17-10(19)11(1-2-11)8(14)18/h5-6H,1-4H2,(H2,14,18)(H,17,19). The number of hydrogen-bond donors (Lipinski definition) is 2. The van der Waals surface area contributed by atoms with Gasteiger partial charge in [0.1, 0.15) is 5.41 Å². The summed E-state index contributed by atoms with van der Waals surface area (Å²) in [5.74, 6) is -0.203. The number of halogens is 1. The maximum atomic E-state index is 12.2. The molecule has 6 nitrogen and oxygen atoms in total. The van der Waals surface area contributed by atoms with E-state index in [4.69, 9.17) is 5.73 Å². The third-order valence-corrected chi connectivity index (χ3v) is 4.36. The van der Waals surface area contributed by atoms with E-state index in [9.17, 15) is 9.59 Å². The Morgan fingerprint density at radius 3 is 2.21 bits per heavy atom. The van der Waals surface area contributed by atoms with Gasteiger partial charge in [0.2, 0.25) is 11.8 Å². The van der Waals surface area contributed by atoms with Crippen LogP contribution < -0.4 is 11.1 Å². The van der Waals surface area contributed by atoms with Crippen molar-refractivity contribution in [3.05, 3.63) is 21.8 Å². The van der Waals surface area contributed by atoms with E-state index in [0.717, 1.165) is 16.4 Å². The maximum Gasteiger partial charge on any atom is 0.236 e. The lowest BCUT2D eigenvalue weighted by atomic mass is 10.0. The summed E-state index contributed by atoms with van der Waals surface area (Å²) in [5.41, 5.74) is 3.82. The third-order valence-electron chi connectivity index (χ3n) is 3.81. The van der Waals surface area contributed by atoms with Crippen molar-refractivity contribution in [2.45, 2.75) is 31.2 Å². The smallest absolute Gasteiger partial charge is 0.236 e. The molecular formula is C12H13IN4O2. The highest BCUT2D eigenvalue weighted by atomic mass is 127. The Morgan fingerprint density at radius 1 is 1.21 bits per heavy atom. The number of hydrogen-bond acceptors (Lipinski definition) is 4. The Bertz CT molecular complexity index is 549. The molecule has 0 radical (unpaired) electrons. The van der Waals surface area contributed by atoms with E-state index in [0.29, 0.717) is 18.7 Å². The SMILES string of the molecule is NC(=O)C1(C(=O)NC2(c3ncc(I)cn3)CC2)CC1. The van der Waals surface area contributed by atoms with E-state index in [1.165, 1.54) is 0 Å². The van der Waals surface area contributed by atoms with Crippen LogP contribution in [0, 0.1) is 8.99 Å². The summed E-state index contributed by atoms with van der Waals surface area (Å²) >= 11 is 2.13. The molecule has 0 saturated heterocycles. The highest BCUT2D eigenvalue weighted by molar-refractivity contribution is 14.1. The summed E-state index contributed by atoms with van der Waals surface area (Å²) in [6.07, 6.45) is 6.12. The second kappa shape index (κ2) is 4.12. The van der Waals surface area contributed by atoms with E-state index >= 15 is 0 Å². The number of nitrogens with zero attached hydrogens (tertiary/aromatic N) is 2. The number of aromatic nitrogens is 2. The molecule has 0 atom stereocenters. The van der Waals surface area contributed by atoms with Crippen LogP contribution in [0.15, 0.2) is 12.4 Å². The molecule has 19 heavy (non-hydrogen) atoms. The summed E-state index contributed by atoms with van der Waals surface area (Å²) in [6.45, 7) is 0. The average Bonchev–Trinajstić information content (AvgIpc) is 3.24. The first-order valence-corrected chi connectivity index (χ1v) is 7.17. The van der Waals surface area contributed by atoms with Crippen LogP contribution in [0.3, 0.4) is 0 Å². The fraction of sp³-hybridized carbons (Fsp3) is 0.500. The van der Waals surface area contributed by atoms with Crippen LogP contribution in [0.1, 0.15) is 31.5 Å². The van der Waals surface area contributed by atoms with Crippen LogP contribution in [-0.2, 0) is 15.1 Å². The molecule has 100 valence electrons. The second-order valence-corrected chi connectivity index (χ2v) is 6.45. The number of carbonyl (C=O) groups is 2. The van der Waals surface area contributed by atoms with E-state index in [1.54, 1.807) is 12.4 Å². The molecule has 7 heteroatoms. The van der Waals surface area contributed by atoms with E-state index in [1.807, 2.05) is 0 Å². The first-order valence-electron chi connectivity index (χ1n) is 6.09. The molecule has 2 saturated carbocycles. The molecule has 3 N–H and O–H groups in total. The lowest BCUT2D eigenvalue weighted by Crippen LogP contribution is -2.45. The van der Waals surface area contributed by atoms with Gasteiger partial charge in [-0.05, 0) is 48.3 Å². The molecule has 1 aromatic heterocycles. The van der Waals surface area contributed by atoms with Crippen LogP contribution in [-0.4, -0.2) is 21.8 Å². The molecule has 2 fully saturated rings. The van der Waals surface area contributed by atoms with E-state index in [2.05, 4.69) is 37.9 Å². The summed E-state index contributed by atoms with van der Waals surface area (Å²) in [6, 6.07) is 0. The van der Waals surface area contributed by atoms with E-state index < -0.39 is 16.9 Å². The summed E-state index contributed by atoms with van der Waals surface area (Å²) in [7, 11) is 0. The third kappa shape index (κ3) is 2.09. The summed E-state index contributed by atoms with van der Waals surface area (Å²) < 4.78 is 0.944. The van der Waals surface area contributed by atoms with Crippen molar-refractivity contribution in [2.24, 2.45) is 11.1 Å². The van der Waals surface area contributed by atoms with Crippen molar-refractivity contribution in [3.63, 3.8) is 0 Å². The Labute approximate surface area is 123 Å².